The summed E-state index contributed by atoms with van der Waals surface area (Å²) in [5, 5.41) is 8.70. The lowest BCUT2D eigenvalue weighted by Crippen LogP contribution is -2.01. The van der Waals surface area contributed by atoms with E-state index < -0.39 is 12.1 Å². The van der Waals surface area contributed by atoms with E-state index in [1.807, 2.05) is 0 Å². The third kappa shape index (κ3) is 4.61. The molecule has 0 unspecified atom stereocenters. The summed E-state index contributed by atoms with van der Waals surface area (Å²) in [6.45, 7) is 3.54. The Morgan fingerprint density at radius 3 is 2.56 bits per heavy atom. The van der Waals surface area contributed by atoms with Crippen LogP contribution in [0.4, 0.5) is 4.79 Å². The molecule has 1 rings (SSSR count). The Kier molecular flexibility index (Phi) is 5.31. The van der Waals surface area contributed by atoms with Crippen molar-refractivity contribution in [2.45, 2.75) is 13.0 Å². The Bertz CT molecular complexity index is 462. The molecule has 1 amide bonds. The third-order valence-electron chi connectivity index (χ3n) is 2.03. The lowest BCUT2D eigenvalue weighted by atomic mass is 10.1. The molecule has 0 saturated carbocycles. The van der Waals surface area contributed by atoms with E-state index in [0.717, 1.165) is 0 Å². The Balaban J connectivity index is 2.46. The topological polar surface area (TPSA) is 76.0 Å². The summed E-state index contributed by atoms with van der Waals surface area (Å²) < 4.78 is 4.86. The molecule has 18 heavy (non-hydrogen) atoms. The second-order valence-electron chi connectivity index (χ2n) is 3.39. The number of aromatic carboxylic acids is 1. The Hall–Kier alpha value is -2.43. The van der Waals surface area contributed by atoms with Crippen molar-refractivity contribution in [3.8, 4) is 0 Å². The van der Waals surface area contributed by atoms with Crippen molar-refractivity contribution in [3.05, 3.63) is 48.0 Å². The van der Waals surface area contributed by atoms with Crippen LogP contribution in [-0.2, 0) is 11.3 Å². The molecule has 0 radical (unpaired) electrons. The Labute approximate surface area is 104 Å². The molecule has 1 aromatic rings. The van der Waals surface area contributed by atoms with E-state index in [0.29, 0.717) is 12.0 Å². The number of allylic oxidation sites excluding steroid dienone is 1. The molecule has 0 aromatic heterocycles. The summed E-state index contributed by atoms with van der Waals surface area (Å²) in [6, 6.07) is 6.08. The van der Waals surface area contributed by atoms with Crippen molar-refractivity contribution in [1.82, 2.24) is 0 Å². The number of carbonyl (C=O) groups is 2. The van der Waals surface area contributed by atoms with Gasteiger partial charge in [-0.15, -0.1) is 6.58 Å². The zero-order chi connectivity index (χ0) is 13.4. The summed E-state index contributed by atoms with van der Waals surface area (Å²) in [5.74, 6) is -0.993. The van der Waals surface area contributed by atoms with Crippen LogP contribution in [0.25, 0.3) is 0 Å². The average Bonchev–Trinajstić information content (AvgIpc) is 2.37. The van der Waals surface area contributed by atoms with Gasteiger partial charge < -0.3 is 9.84 Å². The monoisotopic (exact) mass is 247 g/mol. The fraction of sp³-hybridized carbons (Fsp3) is 0.154. The summed E-state index contributed by atoms with van der Waals surface area (Å²) in [5.41, 5.74) is 0.890. The first-order chi connectivity index (χ1) is 8.63. The molecule has 0 saturated heterocycles. The highest BCUT2D eigenvalue weighted by atomic mass is 16.5. The van der Waals surface area contributed by atoms with Crippen LogP contribution in [0.1, 0.15) is 22.3 Å². The van der Waals surface area contributed by atoms with Gasteiger partial charge in [0, 0.05) is 12.6 Å². The number of carboxylic acids is 1. The normalized spacial score (nSPS) is 10.2. The van der Waals surface area contributed by atoms with Crippen LogP contribution >= 0.6 is 0 Å². The number of rotatable bonds is 5. The van der Waals surface area contributed by atoms with Crippen molar-refractivity contribution in [2.75, 3.05) is 0 Å². The maximum Gasteiger partial charge on any atom is 0.433 e. The van der Waals surface area contributed by atoms with Crippen molar-refractivity contribution in [2.24, 2.45) is 4.99 Å². The van der Waals surface area contributed by atoms with Gasteiger partial charge in [-0.05, 0) is 17.7 Å². The van der Waals surface area contributed by atoms with Crippen LogP contribution in [0.3, 0.4) is 0 Å². The second kappa shape index (κ2) is 7.01. The number of hydrogen-bond acceptors (Lipinski definition) is 3. The lowest BCUT2D eigenvalue weighted by Gasteiger charge is -2.02. The minimum atomic E-state index is -0.993. The minimum Gasteiger partial charge on any atom is -0.478 e. The van der Waals surface area contributed by atoms with Gasteiger partial charge in [0.2, 0.25) is 0 Å². The SMILES string of the molecule is C=CCC=NC(=O)OCc1ccc(C(=O)O)cc1. The quantitative estimate of drug-likeness (QED) is 0.641. The van der Waals surface area contributed by atoms with E-state index in [2.05, 4.69) is 11.6 Å². The molecule has 0 aliphatic heterocycles. The van der Waals surface area contributed by atoms with Crippen molar-refractivity contribution >= 4 is 18.3 Å². The molecule has 94 valence electrons. The number of nitrogens with zero attached hydrogens (tertiary/aromatic N) is 1. The smallest absolute Gasteiger partial charge is 0.433 e. The van der Waals surface area contributed by atoms with Gasteiger partial charge in [-0.25, -0.2) is 9.59 Å². The maximum atomic E-state index is 11.1. The van der Waals surface area contributed by atoms with E-state index in [-0.39, 0.29) is 12.2 Å². The standard InChI is InChI=1S/C13H13NO4/c1-2-3-8-14-13(17)18-9-10-4-6-11(7-5-10)12(15)16/h2,4-8H,1,3,9H2,(H,15,16). The molecule has 0 fully saturated rings. The first kappa shape index (κ1) is 13.6. The molecule has 0 aliphatic rings. The minimum absolute atomic E-state index is 0.0597. The summed E-state index contributed by atoms with van der Waals surface area (Å²) in [4.78, 5) is 25.3. The molecule has 0 atom stereocenters. The first-order valence-electron chi connectivity index (χ1n) is 5.26. The van der Waals surface area contributed by atoms with Gasteiger partial charge in [-0.2, -0.15) is 4.99 Å². The fourth-order valence-electron chi connectivity index (χ4n) is 1.13. The van der Waals surface area contributed by atoms with Gasteiger partial charge in [0.1, 0.15) is 6.61 Å². The first-order valence-corrected chi connectivity index (χ1v) is 5.26. The van der Waals surface area contributed by atoms with Gasteiger partial charge in [0.25, 0.3) is 0 Å². The molecule has 5 nitrogen and oxygen atoms in total. The molecule has 0 heterocycles. The van der Waals surface area contributed by atoms with Gasteiger partial charge in [0.15, 0.2) is 0 Å². The molecular formula is C13H13NO4. The predicted molar refractivity (Wildman–Crippen MR) is 66.9 cm³/mol. The van der Waals surface area contributed by atoms with Gasteiger partial charge in [0.05, 0.1) is 5.56 Å². The third-order valence-corrected chi connectivity index (χ3v) is 2.03. The van der Waals surface area contributed by atoms with Crippen LogP contribution in [0.2, 0.25) is 0 Å². The van der Waals surface area contributed by atoms with E-state index in [1.165, 1.54) is 18.3 Å². The highest BCUT2D eigenvalue weighted by Crippen LogP contribution is 2.06. The highest BCUT2D eigenvalue weighted by molar-refractivity contribution is 5.87. The van der Waals surface area contributed by atoms with Crippen LogP contribution in [0.15, 0.2) is 41.9 Å². The molecule has 0 spiro atoms. The van der Waals surface area contributed by atoms with Gasteiger partial charge >= 0.3 is 12.1 Å². The number of hydrogen-bond donors (Lipinski definition) is 1. The molecule has 0 aliphatic carbocycles. The summed E-state index contributed by atoms with van der Waals surface area (Å²) >= 11 is 0. The Morgan fingerprint density at radius 1 is 1.33 bits per heavy atom. The van der Waals surface area contributed by atoms with Crippen molar-refractivity contribution in [3.63, 3.8) is 0 Å². The van der Waals surface area contributed by atoms with Crippen LogP contribution in [0, 0.1) is 0 Å². The van der Waals surface area contributed by atoms with Crippen molar-refractivity contribution < 1.29 is 19.4 Å². The van der Waals surface area contributed by atoms with Crippen LogP contribution < -0.4 is 0 Å². The van der Waals surface area contributed by atoms with Gasteiger partial charge in [-0.1, -0.05) is 18.2 Å². The maximum absolute atomic E-state index is 11.1. The second-order valence-corrected chi connectivity index (χ2v) is 3.39. The van der Waals surface area contributed by atoms with E-state index in [4.69, 9.17) is 9.84 Å². The lowest BCUT2D eigenvalue weighted by molar-refractivity contribution is 0.0696. The van der Waals surface area contributed by atoms with E-state index >= 15 is 0 Å². The van der Waals surface area contributed by atoms with Crippen LogP contribution in [-0.4, -0.2) is 23.4 Å². The predicted octanol–water partition coefficient (Wildman–Crippen LogP) is 2.67. The molecule has 1 N–H and O–H groups in total. The highest BCUT2D eigenvalue weighted by Gasteiger charge is 2.03. The summed E-state index contributed by atoms with van der Waals surface area (Å²) in [7, 11) is 0. The van der Waals surface area contributed by atoms with E-state index in [1.54, 1.807) is 18.2 Å². The van der Waals surface area contributed by atoms with Gasteiger partial charge in [-0.3, -0.25) is 0 Å². The number of carbonyl (C=O) groups excluding carboxylic acids is 1. The number of aliphatic imine (C=N–C) groups is 1. The van der Waals surface area contributed by atoms with Crippen LogP contribution in [0.5, 0.6) is 0 Å². The average molecular weight is 247 g/mol. The molecule has 0 bridgehead atoms. The number of amides is 1. The number of ether oxygens (including phenoxy) is 1. The number of benzene rings is 1. The zero-order valence-corrected chi connectivity index (χ0v) is 9.70. The van der Waals surface area contributed by atoms with Crippen molar-refractivity contribution in [1.29, 1.82) is 0 Å². The fourth-order valence-corrected chi connectivity index (χ4v) is 1.13. The molecular weight excluding hydrogens is 234 g/mol. The molecule has 1 aromatic carbocycles. The largest absolute Gasteiger partial charge is 0.478 e. The molecule has 5 heteroatoms. The summed E-state index contributed by atoms with van der Waals surface area (Å²) in [6.07, 6.45) is 2.84. The van der Waals surface area contributed by atoms with E-state index in [9.17, 15) is 9.59 Å². The Morgan fingerprint density at radius 2 is 2.00 bits per heavy atom. The number of carboxylic acid groups (broad SMARTS) is 1. The zero-order valence-electron chi connectivity index (χ0n) is 9.70.